The van der Waals surface area contributed by atoms with E-state index < -0.39 is 0 Å². The topological polar surface area (TPSA) is 25.2 Å². The average Bonchev–Trinajstić information content (AvgIpc) is 2.24. The van der Waals surface area contributed by atoms with Crippen LogP contribution in [0, 0.1) is 5.92 Å². The van der Waals surface area contributed by atoms with E-state index in [9.17, 15) is 0 Å². The molecule has 0 saturated heterocycles. The minimum Gasteiger partial charge on any atom is -0.269 e. The largest absolute Gasteiger partial charge is 0.269 e. The Morgan fingerprint density at radius 3 is 2.87 bits per heavy atom. The summed E-state index contributed by atoms with van der Waals surface area (Å²) in [5, 5.41) is 0. The van der Waals surface area contributed by atoms with Crippen LogP contribution in [0.1, 0.15) is 25.0 Å². The van der Waals surface area contributed by atoms with E-state index in [1.54, 1.807) is 18.6 Å². The zero-order valence-electron chi connectivity index (χ0n) is 9.22. The SMILES string of the molecule is C=Cc1ccncc1/C=C\N=CC(C)C. The molecule has 0 atom stereocenters. The number of nitrogens with zero attached hydrogens (tertiary/aromatic N) is 2. The number of rotatable bonds is 4. The predicted molar refractivity (Wildman–Crippen MR) is 66.7 cm³/mol. The van der Waals surface area contributed by atoms with Gasteiger partial charge in [0.15, 0.2) is 0 Å². The standard InChI is InChI=1S/C13H16N2/c1-4-12-5-7-15-10-13(12)6-8-14-9-11(2)3/h4-11H,1H2,2-3H3/b8-6-,14-9?. The Hall–Kier alpha value is -1.70. The maximum atomic E-state index is 4.17. The van der Waals surface area contributed by atoms with Gasteiger partial charge in [-0.1, -0.05) is 26.5 Å². The van der Waals surface area contributed by atoms with Crippen LogP contribution in [0.2, 0.25) is 0 Å². The van der Waals surface area contributed by atoms with Gasteiger partial charge in [0.1, 0.15) is 0 Å². The lowest BCUT2D eigenvalue weighted by Crippen LogP contribution is -1.85. The molecular weight excluding hydrogens is 184 g/mol. The molecule has 0 aliphatic heterocycles. The highest BCUT2D eigenvalue weighted by atomic mass is 14.7. The first-order valence-electron chi connectivity index (χ1n) is 5.00. The van der Waals surface area contributed by atoms with Crippen LogP contribution < -0.4 is 0 Å². The van der Waals surface area contributed by atoms with Gasteiger partial charge in [0.25, 0.3) is 0 Å². The van der Waals surface area contributed by atoms with Gasteiger partial charge in [-0.25, -0.2) is 0 Å². The second-order valence-corrected chi connectivity index (χ2v) is 3.57. The van der Waals surface area contributed by atoms with Crippen molar-refractivity contribution < 1.29 is 0 Å². The monoisotopic (exact) mass is 200 g/mol. The van der Waals surface area contributed by atoms with Gasteiger partial charge >= 0.3 is 0 Å². The lowest BCUT2D eigenvalue weighted by Gasteiger charge is -1.97. The summed E-state index contributed by atoms with van der Waals surface area (Å²) >= 11 is 0. The van der Waals surface area contributed by atoms with Crippen LogP contribution in [0.5, 0.6) is 0 Å². The van der Waals surface area contributed by atoms with E-state index in [1.807, 2.05) is 24.4 Å². The molecule has 0 spiro atoms. The Morgan fingerprint density at radius 1 is 1.40 bits per heavy atom. The summed E-state index contributed by atoms with van der Waals surface area (Å²) in [6.45, 7) is 7.94. The van der Waals surface area contributed by atoms with Gasteiger partial charge in [-0.3, -0.25) is 9.98 Å². The average molecular weight is 200 g/mol. The highest BCUT2D eigenvalue weighted by Crippen LogP contribution is 2.09. The maximum Gasteiger partial charge on any atom is 0.0346 e. The summed E-state index contributed by atoms with van der Waals surface area (Å²) < 4.78 is 0. The van der Waals surface area contributed by atoms with Crippen LogP contribution in [0.3, 0.4) is 0 Å². The molecule has 0 bridgehead atoms. The van der Waals surface area contributed by atoms with E-state index in [4.69, 9.17) is 0 Å². The fraction of sp³-hybridized carbons (Fsp3) is 0.231. The van der Waals surface area contributed by atoms with E-state index in [1.165, 1.54) is 0 Å². The summed E-state index contributed by atoms with van der Waals surface area (Å²) in [7, 11) is 0. The zero-order chi connectivity index (χ0) is 11.1. The Morgan fingerprint density at radius 2 is 2.20 bits per heavy atom. The fourth-order valence-electron chi connectivity index (χ4n) is 1.09. The van der Waals surface area contributed by atoms with E-state index in [2.05, 4.69) is 30.4 Å². The van der Waals surface area contributed by atoms with Gasteiger partial charge in [0.05, 0.1) is 0 Å². The van der Waals surface area contributed by atoms with E-state index in [0.717, 1.165) is 11.1 Å². The van der Waals surface area contributed by atoms with Crippen LogP contribution in [0.15, 0.2) is 36.2 Å². The van der Waals surface area contributed by atoms with Gasteiger partial charge in [-0.05, 0) is 23.6 Å². The summed E-state index contributed by atoms with van der Waals surface area (Å²) in [6.07, 6.45) is 11.0. The van der Waals surface area contributed by atoms with Crippen LogP contribution in [-0.2, 0) is 0 Å². The van der Waals surface area contributed by atoms with Crippen molar-refractivity contribution in [1.82, 2.24) is 4.98 Å². The summed E-state index contributed by atoms with van der Waals surface area (Å²) in [6, 6.07) is 1.93. The Labute approximate surface area is 91.1 Å². The van der Waals surface area contributed by atoms with E-state index >= 15 is 0 Å². The number of hydrogen-bond donors (Lipinski definition) is 0. The van der Waals surface area contributed by atoms with Crippen molar-refractivity contribution in [3.63, 3.8) is 0 Å². The van der Waals surface area contributed by atoms with Crippen molar-refractivity contribution in [3.05, 3.63) is 42.4 Å². The van der Waals surface area contributed by atoms with Crippen molar-refractivity contribution in [2.24, 2.45) is 10.9 Å². The molecule has 0 unspecified atom stereocenters. The van der Waals surface area contributed by atoms with Crippen LogP contribution in [0.4, 0.5) is 0 Å². The van der Waals surface area contributed by atoms with Crippen LogP contribution in [0.25, 0.3) is 12.2 Å². The van der Waals surface area contributed by atoms with Gasteiger partial charge in [-0.15, -0.1) is 0 Å². The third-order valence-corrected chi connectivity index (χ3v) is 1.83. The van der Waals surface area contributed by atoms with Gasteiger partial charge in [-0.2, -0.15) is 0 Å². The van der Waals surface area contributed by atoms with Crippen molar-refractivity contribution in [2.45, 2.75) is 13.8 Å². The summed E-state index contributed by atoms with van der Waals surface area (Å²) in [5.74, 6) is 0.474. The maximum absolute atomic E-state index is 4.17. The molecule has 1 aromatic rings. The van der Waals surface area contributed by atoms with Gasteiger partial charge < -0.3 is 0 Å². The first-order valence-corrected chi connectivity index (χ1v) is 5.00. The molecule has 2 heteroatoms. The molecule has 0 aliphatic rings. The minimum absolute atomic E-state index is 0.474. The van der Waals surface area contributed by atoms with Crippen molar-refractivity contribution in [3.8, 4) is 0 Å². The lowest BCUT2D eigenvalue weighted by atomic mass is 10.1. The summed E-state index contributed by atoms with van der Waals surface area (Å²) in [4.78, 5) is 8.23. The normalized spacial score (nSPS) is 11.7. The molecule has 1 aromatic heterocycles. The molecule has 0 amide bonds. The van der Waals surface area contributed by atoms with Crippen molar-refractivity contribution >= 4 is 18.4 Å². The molecule has 15 heavy (non-hydrogen) atoms. The van der Waals surface area contributed by atoms with Crippen molar-refractivity contribution in [1.29, 1.82) is 0 Å². The number of pyridine rings is 1. The summed E-state index contributed by atoms with van der Waals surface area (Å²) in [5.41, 5.74) is 2.11. The first kappa shape index (κ1) is 11.4. The first-order chi connectivity index (χ1) is 7.24. The number of hydrogen-bond acceptors (Lipinski definition) is 2. The zero-order valence-corrected chi connectivity index (χ0v) is 9.22. The highest BCUT2D eigenvalue weighted by molar-refractivity contribution is 5.65. The van der Waals surface area contributed by atoms with Crippen molar-refractivity contribution in [2.75, 3.05) is 0 Å². The molecule has 0 aromatic carbocycles. The molecule has 1 heterocycles. The number of aromatic nitrogens is 1. The third kappa shape index (κ3) is 3.90. The molecular formula is C13H16N2. The van der Waals surface area contributed by atoms with Crippen LogP contribution in [-0.4, -0.2) is 11.2 Å². The molecule has 2 nitrogen and oxygen atoms in total. The van der Waals surface area contributed by atoms with Crippen LogP contribution >= 0.6 is 0 Å². The van der Waals surface area contributed by atoms with Gasteiger partial charge in [0, 0.05) is 30.4 Å². The second-order valence-electron chi connectivity index (χ2n) is 3.57. The minimum atomic E-state index is 0.474. The third-order valence-electron chi connectivity index (χ3n) is 1.83. The molecule has 78 valence electrons. The smallest absolute Gasteiger partial charge is 0.0346 e. The molecule has 0 fully saturated rings. The molecule has 0 radical (unpaired) electrons. The molecule has 0 saturated carbocycles. The number of aliphatic imine (C=N–C) groups is 1. The predicted octanol–water partition coefficient (Wildman–Crippen LogP) is 3.42. The van der Waals surface area contributed by atoms with E-state index in [-0.39, 0.29) is 0 Å². The highest BCUT2D eigenvalue weighted by Gasteiger charge is 1.92. The lowest BCUT2D eigenvalue weighted by molar-refractivity contribution is 0.907. The molecule has 0 N–H and O–H groups in total. The van der Waals surface area contributed by atoms with Gasteiger partial charge in [0.2, 0.25) is 0 Å². The van der Waals surface area contributed by atoms with E-state index in [0.29, 0.717) is 5.92 Å². The fourth-order valence-corrected chi connectivity index (χ4v) is 1.09. The quantitative estimate of drug-likeness (QED) is 0.683. The Kier molecular flexibility index (Phi) is 4.48. The second kappa shape index (κ2) is 5.91. The Balaban J connectivity index is 2.76. The Bertz CT molecular complexity index is 376. The molecule has 1 rings (SSSR count). The molecule has 0 aliphatic carbocycles.